The minimum atomic E-state index is -0.243. The molecule has 1 heterocycles. The van der Waals surface area contributed by atoms with Crippen molar-refractivity contribution in [3.05, 3.63) is 54.2 Å². The van der Waals surface area contributed by atoms with Gasteiger partial charge in [0.15, 0.2) is 0 Å². The number of hydrogen-bond acceptors (Lipinski definition) is 3. The number of amides is 1. The molecule has 0 fully saturated rings. The molecule has 0 spiro atoms. The first-order chi connectivity index (χ1) is 10.1. The van der Waals surface area contributed by atoms with Crippen molar-refractivity contribution in [2.75, 3.05) is 12.8 Å². The number of thioether (sulfide) groups is 1. The minimum absolute atomic E-state index is 0.0164. The molecular formula is C16H18FNO2S. The van der Waals surface area contributed by atoms with Crippen LogP contribution in [0.1, 0.15) is 25.1 Å². The van der Waals surface area contributed by atoms with Gasteiger partial charge in [-0.25, -0.2) is 4.39 Å². The van der Waals surface area contributed by atoms with Crippen molar-refractivity contribution < 1.29 is 13.6 Å². The first-order valence-corrected chi connectivity index (χ1v) is 7.74. The minimum Gasteiger partial charge on any atom is -0.467 e. The summed E-state index contributed by atoms with van der Waals surface area (Å²) in [6, 6.07) is 10.1. The Bertz CT molecular complexity index is 586. The average Bonchev–Trinajstić information content (AvgIpc) is 3.01. The number of furan rings is 1. The van der Waals surface area contributed by atoms with E-state index in [0.717, 1.165) is 5.76 Å². The van der Waals surface area contributed by atoms with E-state index in [1.807, 2.05) is 13.0 Å². The second-order valence-corrected chi connectivity index (χ2v) is 5.86. The molecule has 2 rings (SSSR count). The zero-order valence-corrected chi connectivity index (χ0v) is 12.9. The lowest BCUT2D eigenvalue weighted by Gasteiger charge is -2.23. The molecule has 0 bridgehead atoms. The summed E-state index contributed by atoms with van der Waals surface area (Å²) in [6.45, 7) is 1.92. The maximum atomic E-state index is 13.5. The SMILES string of the molecule is CC(c1ccco1)N(C)C(=O)CCSc1ccccc1F. The summed E-state index contributed by atoms with van der Waals surface area (Å²) < 4.78 is 18.8. The fraction of sp³-hybridized carbons (Fsp3) is 0.312. The molecule has 0 aliphatic heterocycles. The van der Waals surface area contributed by atoms with Gasteiger partial charge in [0, 0.05) is 24.1 Å². The van der Waals surface area contributed by atoms with Crippen LogP contribution in [0.15, 0.2) is 52.0 Å². The second kappa shape index (κ2) is 7.31. The molecule has 1 aromatic heterocycles. The highest BCUT2D eigenvalue weighted by Crippen LogP contribution is 2.23. The van der Waals surface area contributed by atoms with E-state index in [2.05, 4.69) is 0 Å². The van der Waals surface area contributed by atoms with Crippen LogP contribution in [0.2, 0.25) is 0 Å². The summed E-state index contributed by atoms with van der Waals surface area (Å²) in [6.07, 6.45) is 1.96. The van der Waals surface area contributed by atoms with Crippen molar-refractivity contribution in [2.45, 2.75) is 24.3 Å². The molecule has 0 saturated carbocycles. The van der Waals surface area contributed by atoms with E-state index in [-0.39, 0.29) is 17.8 Å². The van der Waals surface area contributed by atoms with Gasteiger partial charge >= 0.3 is 0 Å². The quantitative estimate of drug-likeness (QED) is 0.753. The maximum absolute atomic E-state index is 13.5. The second-order valence-electron chi connectivity index (χ2n) is 4.72. The molecule has 1 atom stereocenters. The van der Waals surface area contributed by atoms with Crippen LogP contribution in [0.25, 0.3) is 0 Å². The lowest BCUT2D eigenvalue weighted by Crippen LogP contribution is -2.29. The monoisotopic (exact) mass is 307 g/mol. The van der Waals surface area contributed by atoms with E-state index in [1.54, 1.807) is 42.5 Å². The molecule has 0 N–H and O–H groups in total. The van der Waals surface area contributed by atoms with Gasteiger partial charge in [-0.05, 0) is 31.2 Å². The van der Waals surface area contributed by atoms with E-state index < -0.39 is 0 Å². The summed E-state index contributed by atoms with van der Waals surface area (Å²) >= 11 is 1.36. The van der Waals surface area contributed by atoms with Crippen molar-refractivity contribution in [1.82, 2.24) is 4.90 Å². The Morgan fingerprint density at radius 2 is 2.10 bits per heavy atom. The van der Waals surface area contributed by atoms with Gasteiger partial charge < -0.3 is 9.32 Å². The smallest absolute Gasteiger partial charge is 0.223 e. The summed E-state index contributed by atoms with van der Waals surface area (Å²) in [5.41, 5.74) is 0. The molecule has 1 aromatic carbocycles. The Morgan fingerprint density at radius 1 is 1.33 bits per heavy atom. The van der Waals surface area contributed by atoms with Crippen molar-refractivity contribution >= 4 is 17.7 Å². The molecule has 0 radical (unpaired) electrons. The zero-order chi connectivity index (χ0) is 15.2. The first-order valence-electron chi connectivity index (χ1n) is 6.76. The van der Waals surface area contributed by atoms with E-state index in [0.29, 0.717) is 17.1 Å². The normalized spacial score (nSPS) is 12.1. The summed E-state index contributed by atoms with van der Waals surface area (Å²) in [7, 11) is 1.75. The van der Waals surface area contributed by atoms with Crippen LogP contribution in [0.5, 0.6) is 0 Å². The van der Waals surface area contributed by atoms with Crippen LogP contribution in [0.3, 0.4) is 0 Å². The van der Waals surface area contributed by atoms with Gasteiger partial charge in [-0.3, -0.25) is 4.79 Å². The Balaban J connectivity index is 1.83. The predicted molar refractivity (Wildman–Crippen MR) is 81.6 cm³/mol. The van der Waals surface area contributed by atoms with Crippen LogP contribution >= 0.6 is 11.8 Å². The molecule has 1 amide bonds. The van der Waals surface area contributed by atoms with E-state index in [4.69, 9.17) is 4.42 Å². The largest absolute Gasteiger partial charge is 0.467 e. The Kier molecular flexibility index (Phi) is 5.44. The van der Waals surface area contributed by atoms with Gasteiger partial charge in [-0.2, -0.15) is 0 Å². The molecule has 5 heteroatoms. The van der Waals surface area contributed by atoms with Gasteiger partial charge in [-0.15, -0.1) is 11.8 Å². The third kappa shape index (κ3) is 4.11. The Hall–Kier alpha value is -1.75. The lowest BCUT2D eigenvalue weighted by atomic mass is 10.2. The number of halogens is 1. The number of carbonyl (C=O) groups is 1. The third-order valence-corrected chi connectivity index (χ3v) is 4.39. The molecule has 1 unspecified atom stereocenters. The maximum Gasteiger partial charge on any atom is 0.223 e. The molecule has 3 nitrogen and oxygen atoms in total. The third-order valence-electron chi connectivity index (χ3n) is 3.34. The van der Waals surface area contributed by atoms with Gasteiger partial charge in [0.1, 0.15) is 11.6 Å². The Labute approximate surface area is 128 Å². The first kappa shape index (κ1) is 15.6. The van der Waals surface area contributed by atoms with Crippen LogP contribution in [0, 0.1) is 5.82 Å². The summed E-state index contributed by atoms with van der Waals surface area (Å²) in [5.74, 6) is 1.08. The highest BCUT2D eigenvalue weighted by Gasteiger charge is 2.19. The molecule has 2 aromatic rings. The molecule has 0 aliphatic carbocycles. The number of nitrogens with zero attached hydrogens (tertiary/aromatic N) is 1. The number of carbonyl (C=O) groups excluding carboxylic acids is 1. The van der Waals surface area contributed by atoms with Gasteiger partial charge in [0.2, 0.25) is 5.91 Å². The van der Waals surface area contributed by atoms with E-state index in [1.165, 1.54) is 17.8 Å². The van der Waals surface area contributed by atoms with Crippen LogP contribution in [-0.2, 0) is 4.79 Å². The molecule has 0 saturated heterocycles. The number of rotatable bonds is 6. The van der Waals surface area contributed by atoms with Crippen LogP contribution in [0.4, 0.5) is 4.39 Å². The standard InChI is InChI=1S/C16H18FNO2S/c1-12(14-7-5-10-20-14)18(2)16(19)9-11-21-15-8-4-3-6-13(15)17/h3-8,10,12H,9,11H2,1-2H3. The Morgan fingerprint density at radius 3 is 2.76 bits per heavy atom. The van der Waals surface area contributed by atoms with Gasteiger partial charge in [0.05, 0.1) is 12.3 Å². The zero-order valence-electron chi connectivity index (χ0n) is 12.1. The highest BCUT2D eigenvalue weighted by molar-refractivity contribution is 7.99. The fourth-order valence-corrected chi connectivity index (χ4v) is 2.80. The van der Waals surface area contributed by atoms with Crippen LogP contribution in [-0.4, -0.2) is 23.6 Å². The fourth-order valence-electron chi connectivity index (χ4n) is 1.92. The van der Waals surface area contributed by atoms with Crippen LogP contribution < -0.4 is 0 Å². The van der Waals surface area contributed by atoms with E-state index >= 15 is 0 Å². The number of benzene rings is 1. The predicted octanol–water partition coefficient (Wildman–Crippen LogP) is 4.12. The molecule has 112 valence electrons. The molecule has 0 aliphatic rings. The summed E-state index contributed by atoms with van der Waals surface area (Å²) in [4.78, 5) is 14.4. The van der Waals surface area contributed by atoms with E-state index in [9.17, 15) is 9.18 Å². The number of hydrogen-bond donors (Lipinski definition) is 0. The van der Waals surface area contributed by atoms with Crippen molar-refractivity contribution in [2.24, 2.45) is 0 Å². The van der Waals surface area contributed by atoms with Crippen molar-refractivity contribution in [3.63, 3.8) is 0 Å². The topological polar surface area (TPSA) is 33.5 Å². The average molecular weight is 307 g/mol. The lowest BCUT2D eigenvalue weighted by molar-refractivity contribution is -0.131. The van der Waals surface area contributed by atoms with Crippen molar-refractivity contribution in [1.29, 1.82) is 0 Å². The molecule has 21 heavy (non-hydrogen) atoms. The van der Waals surface area contributed by atoms with Crippen molar-refractivity contribution in [3.8, 4) is 0 Å². The molecular weight excluding hydrogens is 289 g/mol. The summed E-state index contributed by atoms with van der Waals surface area (Å²) in [5, 5.41) is 0. The van der Waals surface area contributed by atoms with Gasteiger partial charge in [0.25, 0.3) is 0 Å². The highest BCUT2D eigenvalue weighted by atomic mass is 32.2. The van der Waals surface area contributed by atoms with Gasteiger partial charge in [-0.1, -0.05) is 12.1 Å².